The number of rotatable bonds is 6. The number of hydrogen-bond donors (Lipinski definition) is 1. The third-order valence-corrected chi connectivity index (χ3v) is 3.07. The van der Waals surface area contributed by atoms with Crippen molar-refractivity contribution in [2.24, 2.45) is 0 Å². The van der Waals surface area contributed by atoms with Crippen LogP contribution in [0.5, 0.6) is 0 Å². The minimum absolute atomic E-state index is 0.190. The van der Waals surface area contributed by atoms with Crippen LogP contribution in [0.2, 0.25) is 0 Å². The molecular formula is C11H14N4O3S. The third kappa shape index (κ3) is 3.83. The Morgan fingerprint density at radius 3 is 3.05 bits per heavy atom. The Kier molecular flexibility index (Phi) is 4.58. The molecule has 1 N–H and O–H groups in total. The quantitative estimate of drug-likeness (QED) is 0.848. The van der Waals surface area contributed by atoms with Gasteiger partial charge in [-0.05, 0) is 6.92 Å². The van der Waals surface area contributed by atoms with E-state index in [1.54, 1.807) is 12.5 Å². The van der Waals surface area contributed by atoms with Crippen molar-refractivity contribution in [1.82, 2.24) is 20.4 Å². The molecule has 0 aliphatic rings. The minimum Gasteiger partial charge on any atom is -0.384 e. The van der Waals surface area contributed by atoms with Gasteiger partial charge in [-0.2, -0.15) is 4.98 Å². The fraction of sp³-hybridized carbons (Fsp3) is 0.455. The first kappa shape index (κ1) is 13.6. The van der Waals surface area contributed by atoms with Gasteiger partial charge < -0.3 is 14.6 Å². The van der Waals surface area contributed by atoms with E-state index < -0.39 is 0 Å². The maximum atomic E-state index is 11.7. The average molecular weight is 282 g/mol. The molecule has 0 fully saturated rings. The van der Waals surface area contributed by atoms with Crippen LogP contribution in [0, 0.1) is 6.92 Å². The molecule has 2 heterocycles. The van der Waals surface area contributed by atoms with E-state index in [0.717, 1.165) is 5.01 Å². The van der Waals surface area contributed by atoms with Crippen LogP contribution in [-0.4, -0.2) is 34.7 Å². The molecule has 1 amide bonds. The van der Waals surface area contributed by atoms with Gasteiger partial charge >= 0.3 is 0 Å². The molecule has 0 aliphatic carbocycles. The molecule has 0 saturated heterocycles. The van der Waals surface area contributed by atoms with Gasteiger partial charge in [0.25, 0.3) is 5.91 Å². The van der Waals surface area contributed by atoms with Crippen molar-refractivity contribution in [3.8, 4) is 0 Å². The topological polar surface area (TPSA) is 90.1 Å². The molecule has 2 aromatic heterocycles. The normalized spacial score (nSPS) is 10.6. The van der Waals surface area contributed by atoms with Crippen molar-refractivity contribution in [1.29, 1.82) is 0 Å². The lowest BCUT2D eigenvalue weighted by Gasteiger charge is -1.97. The molecule has 0 aliphatic heterocycles. The highest BCUT2D eigenvalue weighted by Gasteiger charge is 2.11. The fourth-order valence-corrected chi connectivity index (χ4v) is 1.96. The second kappa shape index (κ2) is 6.39. The number of methoxy groups -OCH3 is 1. The molecule has 0 bridgehead atoms. The van der Waals surface area contributed by atoms with Crippen LogP contribution < -0.4 is 5.32 Å². The number of aryl methyl sites for hydroxylation is 1. The van der Waals surface area contributed by atoms with Crippen LogP contribution in [0.4, 0.5) is 0 Å². The van der Waals surface area contributed by atoms with Gasteiger partial charge in [-0.1, -0.05) is 5.16 Å². The van der Waals surface area contributed by atoms with Crippen LogP contribution in [0.25, 0.3) is 0 Å². The molecule has 8 heteroatoms. The van der Waals surface area contributed by atoms with Crippen molar-refractivity contribution in [3.63, 3.8) is 0 Å². The predicted molar refractivity (Wildman–Crippen MR) is 67.9 cm³/mol. The number of nitrogens with one attached hydrogen (secondary N) is 1. The first-order valence-corrected chi connectivity index (χ1v) is 6.57. The summed E-state index contributed by atoms with van der Waals surface area (Å²) < 4.78 is 9.92. The molecule has 7 nitrogen and oxygen atoms in total. The Bertz CT molecular complexity index is 552. The van der Waals surface area contributed by atoms with E-state index in [2.05, 4.69) is 20.4 Å². The summed E-state index contributed by atoms with van der Waals surface area (Å²) in [6, 6.07) is 0. The molecule has 0 atom stereocenters. The summed E-state index contributed by atoms with van der Waals surface area (Å²) >= 11 is 1.43. The molecule has 19 heavy (non-hydrogen) atoms. The van der Waals surface area contributed by atoms with Gasteiger partial charge in [-0.3, -0.25) is 4.79 Å². The van der Waals surface area contributed by atoms with Crippen LogP contribution in [0.15, 0.2) is 9.90 Å². The third-order valence-electron chi connectivity index (χ3n) is 2.29. The summed E-state index contributed by atoms with van der Waals surface area (Å²) in [5.74, 6) is 0.683. The molecular weight excluding hydrogens is 268 g/mol. The largest absolute Gasteiger partial charge is 0.384 e. The standard InChI is InChI=1S/C11H14N4O3S/c1-7-13-8(6-19-7)11(16)12-5-10-14-9(15-18-10)3-4-17-2/h6H,3-5H2,1-2H3,(H,12,16). The van der Waals surface area contributed by atoms with Crippen LogP contribution in [-0.2, 0) is 17.7 Å². The van der Waals surface area contributed by atoms with Gasteiger partial charge in [0.05, 0.1) is 18.2 Å². The summed E-state index contributed by atoms with van der Waals surface area (Å²) in [4.78, 5) is 20.0. The molecule has 0 saturated carbocycles. The Labute approximate surface area is 114 Å². The fourth-order valence-electron chi connectivity index (χ4n) is 1.37. The number of aromatic nitrogens is 3. The minimum atomic E-state index is -0.249. The zero-order valence-electron chi connectivity index (χ0n) is 10.7. The molecule has 0 aromatic carbocycles. The van der Waals surface area contributed by atoms with Crippen LogP contribution in [0.1, 0.15) is 27.2 Å². The van der Waals surface area contributed by atoms with Gasteiger partial charge in [0.15, 0.2) is 5.82 Å². The molecule has 0 unspecified atom stereocenters. The molecule has 102 valence electrons. The summed E-state index contributed by atoms with van der Waals surface area (Å²) in [7, 11) is 1.61. The van der Waals surface area contributed by atoms with Crippen molar-refractivity contribution in [3.05, 3.63) is 27.8 Å². The summed E-state index contributed by atoms with van der Waals surface area (Å²) in [6.45, 7) is 2.57. The highest BCUT2D eigenvalue weighted by molar-refractivity contribution is 7.09. The van der Waals surface area contributed by atoms with Gasteiger partial charge in [-0.25, -0.2) is 4.98 Å². The molecule has 2 aromatic rings. The number of carbonyl (C=O) groups excluding carboxylic acids is 1. The zero-order valence-corrected chi connectivity index (χ0v) is 11.5. The number of carbonyl (C=O) groups is 1. The highest BCUT2D eigenvalue weighted by Crippen LogP contribution is 2.07. The monoisotopic (exact) mass is 282 g/mol. The van der Waals surface area contributed by atoms with E-state index in [1.807, 2.05) is 6.92 Å². The Hall–Kier alpha value is -1.80. The SMILES string of the molecule is COCCc1noc(CNC(=O)c2csc(C)n2)n1. The first-order valence-electron chi connectivity index (χ1n) is 5.69. The lowest BCUT2D eigenvalue weighted by atomic mass is 10.4. The number of nitrogens with zero attached hydrogens (tertiary/aromatic N) is 3. The number of amides is 1. The molecule has 0 radical (unpaired) electrons. The predicted octanol–water partition coefficient (Wildman–Crippen LogP) is 0.953. The Morgan fingerprint density at radius 2 is 2.37 bits per heavy atom. The Balaban J connectivity index is 1.85. The van der Waals surface area contributed by atoms with Gasteiger partial charge in [0, 0.05) is 18.9 Å². The van der Waals surface area contributed by atoms with E-state index in [4.69, 9.17) is 9.26 Å². The maximum absolute atomic E-state index is 11.7. The summed E-state index contributed by atoms with van der Waals surface area (Å²) in [5.41, 5.74) is 0.404. The van der Waals surface area contributed by atoms with Crippen molar-refractivity contribution in [2.75, 3.05) is 13.7 Å². The molecule has 0 spiro atoms. The van der Waals surface area contributed by atoms with E-state index in [0.29, 0.717) is 30.4 Å². The lowest BCUT2D eigenvalue weighted by molar-refractivity contribution is 0.0942. The summed E-state index contributed by atoms with van der Waals surface area (Å²) in [6.07, 6.45) is 0.583. The average Bonchev–Trinajstić information content (AvgIpc) is 3.02. The molecule has 2 rings (SSSR count). The van der Waals surface area contributed by atoms with Gasteiger partial charge in [0.1, 0.15) is 5.69 Å². The van der Waals surface area contributed by atoms with E-state index in [1.165, 1.54) is 11.3 Å². The number of ether oxygens (including phenoxy) is 1. The van der Waals surface area contributed by atoms with Crippen LogP contribution in [0.3, 0.4) is 0 Å². The maximum Gasteiger partial charge on any atom is 0.271 e. The smallest absolute Gasteiger partial charge is 0.271 e. The number of thiazole rings is 1. The van der Waals surface area contributed by atoms with E-state index >= 15 is 0 Å². The Morgan fingerprint density at radius 1 is 1.53 bits per heavy atom. The second-order valence-electron chi connectivity index (χ2n) is 3.78. The van der Waals surface area contributed by atoms with Gasteiger partial charge in [0.2, 0.25) is 5.89 Å². The van der Waals surface area contributed by atoms with Crippen molar-refractivity contribution < 1.29 is 14.1 Å². The lowest BCUT2D eigenvalue weighted by Crippen LogP contribution is -2.23. The zero-order chi connectivity index (χ0) is 13.7. The summed E-state index contributed by atoms with van der Waals surface area (Å²) in [5, 5.41) is 9.02. The van der Waals surface area contributed by atoms with E-state index in [-0.39, 0.29) is 12.5 Å². The highest BCUT2D eigenvalue weighted by atomic mass is 32.1. The van der Waals surface area contributed by atoms with Crippen LogP contribution >= 0.6 is 11.3 Å². The van der Waals surface area contributed by atoms with Crippen molar-refractivity contribution in [2.45, 2.75) is 19.9 Å². The second-order valence-corrected chi connectivity index (χ2v) is 4.84. The van der Waals surface area contributed by atoms with Crippen molar-refractivity contribution >= 4 is 17.2 Å². The van der Waals surface area contributed by atoms with E-state index in [9.17, 15) is 4.79 Å². The van der Waals surface area contributed by atoms with Gasteiger partial charge in [-0.15, -0.1) is 11.3 Å². The number of hydrogen-bond acceptors (Lipinski definition) is 7. The first-order chi connectivity index (χ1) is 9.19.